The standard InChI is InChI=1S/C7H10Cl3N/c1-3-11-5(8)6(2)4-7(6,9)10/h3-4H2,1-2H3. The molecule has 0 radical (unpaired) electrons. The largest absolute Gasteiger partial charge is 0.277 e. The second kappa shape index (κ2) is 2.79. The summed E-state index contributed by atoms with van der Waals surface area (Å²) in [6.07, 6.45) is 0.700. The first-order valence-corrected chi connectivity index (χ1v) is 4.65. The van der Waals surface area contributed by atoms with Gasteiger partial charge in [-0.3, -0.25) is 4.99 Å². The van der Waals surface area contributed by atoms with Gasteiger partial charge < -0.3 is 0 Å². The highest BCUT2D eigenvalue weighted by Crippen LogP contribution is 2.65. The van der Waals surface area contributed by atoms with E-state index in [4.69, 9.17) is 34.8 Å². The minimum Gasteiger partial charge on any atom is -0.277 e. The van der Waals surface area contributed by atoms with E-state index < -0.39 is 4.33 Å². The van der Waals surface area contributed by atoms with Crippen LogP contribution in [0.4, 0.5) is 0 Å². The molecular weight excluding hydrogens is 204 g/mol. The van der Waals surface area contributed by atoms with E-state index in [9.17, 15) is 0 Å². The second-order valence-corrected chi connectivity index (χ2v) is 4.82. The lowest BCUT2D eigenvalue weighted by Gasteiger charge is -2.08. The molecule has 1 unspecified atom stereocenters. The molecule has 1 atom stereocenters. The molecule has 1 nitrogen and oxygen atoms in total. The lowest BCUT2D eigenvalue weighted by Crippen LogP contribution is -2.13. The van der Waals surface area contributed by atoms with Crippen LogP contribution in [0.25, 0.3) is 0 Å². The van der Waals surface area contributed by atoms with Crippen LogP contribution in [0.3, 0.4) is 0 Å². The van der Waals surface area contributed by atoms with Crippen molar-refractivity contribution >= 4 is 40.0 Å². The molecule has 0 heterocycles. The normalized spacial score (nSPS) is 35.5. The maximum atomic E-state index is 5.89. The van der Waals surface area contributed by atoms with Crippen molar-refractivity contribution in [3.8, 4) is 0 Å². The molecule has 0 aromatic rings. The van der Waals surface area contributed by atoms with Crippen molar-refractivity contribution in [2.24, 2.45) is 10.4 Å². The summed E-state index contributed by atoms with van der Waals surface area (Å²) in [4.78, 5) is 4.07. The number of hydrogen-bond donors (Lipinski definition) is 0. The SMILES string of the molecule is CCN=C(Cl)C1(C)CC1(Cl)Cl. The van der Waals surface area contributed by atoms with E-state index >= 15 is 0 Å². The van der Waals surface area contributed by atoms with E-state index in [1.165, 1.54) is 0 Å². The minimum absolute atomic E-state index is 0.298. The summed E-state index contributed by atoms with van der Waals surface area (Å²) in [7, 11) is 0. The van der Waals surface area contributed by atoms with Crippen LogP contribution >= 0.6 is 34.8 Å². The van der Waals surface area contributed by atoms with Crippen LogP contribution in [0, 0.1) is 5.41 Å². The molecule has 1 aliphatic rings. The van der Waals surface area contributed by atoms with Gasteiger partial charge in [-0.1, -0.05) is 18.5 Å². The number of halogens is 3. The Kier molecular flexibility index (Phi) is 2.44. The number of nitrogens with zero attached hydrogens (tertiary/aromatic N) is 1. The zero-order chi connectivity index (χ0) is 8.70. The van der Waals surface area contributed by atoms with Crippen molar-refractivity contribution in [1.29, 1.82) is 0 Å². The van der Waals surface area contributed by atoms with Crippen molar-refractivity contribution < 1.29 is 0 Å². The first kappa shape index (κ1) is 9.63. The molecule has 0 bridgehead atoms. The summed E-state index contributed by atoms with van der Waals surface area (Å²) in [6, 6.07) is 0. The van der Waals surface area contributed by atoms with Crippen molar-refractivity contribution in [2.45, 2.75) is 24.6 Å². The third-order valence-corrected chi connectivity index (χ3v) is 3.65. The van der Waals surface area contributed by atoms with E-state index in [1.807, 2.05) is 13.8 Å². The molecule has 1 rings (SSSR count). The maximum Gasteiger partial charge on any atom is 0.131 e. The molecule has 1 fully saturated rings. The molecule has 0 saturated heterocycles. The second-order valence-electron chi connectivity index (χ2n) is 2.98. The van der Waals surface area contributed by atoms with Gasteiger partial charge in [0.1, 0.15) is 9.50 Å². The highest BCUT2D eigenvalue weighted by atomic mass is 35.5. The average molecular weight is 215 g/mol. The fraction of sp³-hybridized carbons (Fsp3) is 0.857. The average Bonchev–Trinajstić information content (AvgIpc) is 2.35. The predicted molar refractivity (Wildman–Crippen MR) is 51.0 cm³/mol. The Morgan fingerprint density at radius 3 is 2.27 bits per heavy atom. The molecule has 64 valence electrons. The number of rotatable bonds is 2. The zero-order valence-corrected chi connectivity index (χ0v) is 8.76. The Hall–Kier alpha value is 0.540. The lowest BCUT2D eigenvalue weighted by molar-refractivity contribution is 0.795. The molecule has 4 heteroatoms. The third kappa shape index (κ3) is 1.51. The Morgan fingerprint density at radius 2 is 2.00 bits per heavy atom. The summed E-state index contributed by atoms with van der Waals surface area (Å²) in [5.74, 6) is 0. The van der Waals surface area contributed by atoms with E-state index in [2.05, 4.69) is 4.99 Å². The van der Waals surface area contributed by atoms with Crippen LogP contribution in [0.5, 0.6) is 0 Å². The molecule has 0 aliphatic heterocycles. The minimum atomic E-state index is -0.692. The van der Waals surface area contributed by atoms with Gasteiger partial charge in [-0.05, 0) is 13.3 Å². The van der Waals surface area contributed by atoms with Gasteiger partial charge in [0, 0.05) is 6.54 Å². The van der Waals surface area contributed by atoms with Gasteiger partial charge in [-0.25, -0.2) is 0 Å². The highest BCUT2D eigenvalue weighted by Gasteiger charge is 2.65. The lowest BCUT2D eigenvalue weighted by atomic mass is 10.2. The molecule has 0 spiro atoms. The van der Waals surface area contributed by atoms with Gasteiger partial charge in [0.2, 0.25) is 0 Å². The number of aliphatic imine (C=N–C) groups is 1. The first-order chi connectivity index (χ1) is 4.94. The smallest absolute Gasteiger partial charge is 0.131 e. The van der Waals surface area contributed by atoms with Gasteiger partial charge in [0.25, 0.3) is 0 Å². The van der Waals surface area contributed by atoms with Gasteiger partial charge in [0.05, 0.1) is 5.41 Å². The summed E-state index contributed by atoms with van der Waals surface area (Å²) in [6.45, 7) is 4.53. The van der Waals surface area contributed by atoms with Crippen molar-refractivity contribution in [1.82, 2.24) is 0 Å². The van der Waals surface area contributed by atoms with E-state index in [0.717, 1.165) is 0 Å². The predicted octanol–water partition coefficient (Wildman–Crippen LogP) is 3.23. The van der Waals surface area contributed by atoms with Gasteiger partial charge >= 0.3 is 0 Å². The van der Waals surface area contributed by atoms with Crippen LogP contribution in [-0.2, 0) is 0 Å². The quantitative estimate of drug-likeness (QED) is 0.494. The molecule has 0 N–H and O–H groups in total. The van der Waals surface area contributed by atoms with Crippen molar-refractivity contribution in [2.75, 3.05) is 6.54 Å². The van der Waals surface area contributed by atoms with Crippen molar-refractivity contribution in [3.63, 3.8) is 0 Å². The van der Waals surface area contributed by atoms with Gasteiger partial charge in [-0.15, -0.1) is 23.2 Å². The molecule has 1 saturated carbocycles. The van der Waals surface area contributed by atoms with Crippen LogP contribution in [0.2, 0.25) is 0 Å². The molecular formula is C7H10Cl3N. The van der Waals surface area contributed by atoms with Gasteiger partial charge in [0.15, 0.2) is 0 Å². The Bertz CT molecular complexity index is 200. The summed E-state index contributed by atoms with van der Waals surface area (Å²) < 4.78 is -0.692. The topological polar surface area (TPSA) is 12.4 Å². The van der Waals surface area contributed by atoms with Crippen LogP contribution in [-0.4, -0.2) is 16.0 Å². The fourth-order valence-electron chi connectivity index (χ4n) is 0.937. The van der Waals surface area contributed by atoms with E-state index in [1.54, 1.807) is 0 Å². The zero-order valence-electron chi connectivity index (χ0n) is 6.50. The Balaban J connectivity index is 2.71. The third-order valence-electron chi connectivity index (χ3n) is 2.01. The molecule has 0 aromatic carbocycles. The fourth-order valence-corrected chi connectivity index (χ4v) is 2.09. The first-order valence-electron chi connectivity index (χ1n) is 3.52. The molecule has 0 aromatic heterocycles. The summed E-state index contributed by atoms with van der Waals surface area (Å²) in [5.41, 5.74) is -0.298. The van der Waals surface area contributed by atoms with Gasteiger partial charge in [-0.2, -0.15) is 0 Å². The van der Waals surface area contributed by atoms with E-state index in [-0.39, 0.29) is 5.41 Å². The van der Waals surface area contributed by atoms with Crippen LogP contribution in [0.15, 0.2) is 4.99 Å². The Labute approximate surface area is 81.7 Å². The highest BCUT2D eigenvalue weighted by molar-refractivity contribution is 6.70. The van der Waals surface area contributed by atoms with E-state index in [0.29, 0.717) is 18.1 Å². The molecule has 0 amide bonds. The Morgan fingerprint density at radius 1 is 1.55 bits per heavy atom. The number of alkyl halides is 2. The summed E-state index contributed by atoms with van der Waals surface area (Å²) >= 11 is 17.6. The summed E-state index contributed by atoms with van der Waals surface area (Å²) in [5, 5.41) is 0.546. The molecule has 11 heavy (non-hydrogen) atoms. The van der Waals surface area contributed by atoms with Crippen LogP contribution in [0.1, 0.15) is 20.3 Å². The molecule has 1 aliphatic carbocycles. The maximum absolute atomic E-state index is 5.89. The van der Waals surface area contributed by atoms with Crippen molar-refractivity contribution in [3.05, 3.63) is 0 Å². The monoisotopic (exact) mass is 213 g/mol. The van der Waals surface area contributed by atoms with Crippen LogP contribution < -0.4 is 0 Å². The number of hydrogen-bond acceptors (Lipinski definition) is 1.